The van der Waals surface area contributed by atoms with E-state index in [2.05, 4.69) is 46.4 Å². The number of nitrogens with one attached hydrogen (secondary N) is 3. The van der Waals surface area contributed by atoms with Crippen molar-refractivity contribution < 1.29 is 14.0 Å². The van der Waals surface area contributed by atoms with E-state index in [4.69, 9.17) is 0 Å². The van der Waals surface area contributed by atoms with Gasteiger partial charge in [0.15, 0.2) is 5.65 Å². The van der Waals surface area contributed by atoms with E-state index in [9.17, 15) is 14.0 Å². The predicted octanol–water partition coefficient (Wildman–Crippen LogP) is 5.48. The predicted molar refractivity (Wildman–Crippen MR) is 136 cm³/mol. The molecule has 9 heteroatoms. The van der Waals surface area contributed by atoms with Gasteiger partial charge in [-0.3, -0.25) is 9.59 Å². The minimum atomic E-state index is -0.319. The van der Waals surface area contributed by atoms with E-state index in [1.807, 2.05) is 19.9 Å². The molecule has 0 radical (unpaired) electrons. The standard InChI is InChI=1S/C26H28FN5O2S/c1-14(16-6-8-17(27)9-7-16)30-25(34)21-11-10-20(35-21)19-13-29-23-22(32-19)18(12-28-23)24(33)31-15(2)26(3,4)5/h6-15H,1-5H3,(H,28,29)(H,30,34)(H,31,33)/t14-,15?/m0/s1. The molecule has 182 valence electrons. The van der Waals surface area contributed by atoms with Crippen LogP contribution in [-0.4, -0.2) is 32.8 Å². The number of carbonyl (C=O) groups excluding carboxylic acids is 2. The Morgan fingerprint density at radius 3 is 2.43 bits per heavy atom. The van der Waals surface area contributed by atoms with Gasteiger partial charge in [0.25, 0.3) is 11.8 Å². The average molecular weight is 494 g/mol. The maximum atomic E-state index is 13.2. The number of nitrogens with zero attached hydrogens (tertiary/aromatic N) is 2. The highest BCUT2D eigenvalue weighted by Crippen LogP contribution is 2.29. The zero-order valence-corrected chi connectivity index (χ0v) is 21.1. The van der Waals surface area contributed by atoms with Crippen LogP contribution in [0.3, 0.4) is 0 Å². The Balaban J connectivity index is 1.53. The fourth-order valence-electron chi connectivity index (χ4n) is 3.37. The Morgan fingerprint density at radius 2 is 1.74 bits per heavy atom. The second-order valence-corrected chi connectivity index (χ2v) is 10.7. The second kappa shape index (κ2) is 9.58. The minimum Gasteiger partial charge on any atom is -0.349 e. The Hall–Kier alpha value is -3.59. The molecule has 1 aromatic carbocycles. The van der Waals surface area contributed by atoms with Gasteiger partial charge in [0.05, 0.1) is 33.3 Å². The molecular formula is C26H28FN5O2S. The number of hydrogen-bond acceptors (Lipinski definition) is 5. The average Bonchev–Trinajstić information content (AvgIpc) is 3.46. The summed E-state index contributed by atoms with van der Waals surface area (Å²) in [4.78, 5) is 39.0. The van der Waals surface area contributed by atoms with Crippen molar-refractivity contribution in [2.24, 2.45) is 5.41 Å². The van der Waals surface area contributed by atoms with E-state index < -0.39 is 0 Å². The van der Waals surface area contributed by atoms with Crippen LogP contribution in [0.2, 0.25) is 0 Å². The van der Waals surface area contributed by atoms with Crippen LogP contribution >= 0.6 is 11.3 Å². The highest BCUT2D eigenvalue weighted by Gasteiger charge is 2.24. The quantitative estimate of drug-likeness (QED) is 0.331. The normalized spacial score (nSPS) is 13.4. The van der Waals surface area contributed by atoms with E-state index in [0.29, 0.717) is 27.3 Å². The number of H-pyrrole nitrogens is 1. The SMILES string of the molecule is CC(NC(=O)c1c[nH]c2ncc(-c3ccc(C(=O)N[C@@H](C)c4ccc(F)cc4)s3)nc12)C(C)(C)C. The van der Waals surface area contributed by atoms with Gasteiger partial charge < -0.3 is 15.6 Å². The third-order valence-corrected chi connectivity index (χ3v) is 7.18. The summed E-state index contributed by atoms with van der Waals surface area (Å²) in [5.41, 5.74) is 2.72. The summed E-state index contributed by atoms with van der Waals surface area (Å²) in [5.74, 6) is -0.767. The third-order valence-electron chi connectivity index (χ3n) is 6.07. The molecule has 4 aromatic rings. The first-order valence-electron chi connectivity index (χ1n) is 11.3. The lowest BCUT2D eigenvalue weighted by Gasteiger charge is -2.27. The summed E-state index contributed by atoms with van der Waals surface area (Å²) in [7, 11) is 0. The monoisotopic (exact) mass is 493 g/mol. The molecule has 2 atom stereocenters. The Morgan fingerprint density at radius 1 is 1.03 bits per heavy atom. The van der Waals surface area contributed by atoms with Crippen LogP contribution in [0.15, 0.2) is 48.8 Å². The molecule has 2 amide bonds. The van der Waals surface area contributed by atoms with Crippen molar-refractivity contribution in [3.8, 4) is 10.6 Å². The number of aromatic nitrogens is 3. The van der Waals surface area contributed by atoms with Gasteiger partial charge in [0, 0.05) is 12.2 Å². The number of rotatable bonds is 6. The molecule has 0 fully saturated rings. The van der Waals surface area contributed by atoms with Crippen LogP contribution in [0, 0.1) is 11.2 Å². The highest BCUT2D eigenvalue weighted by molar-refractivity contribution is 7.17. The van der Waals surface area contributed by atoms with Gasteiger partial charge in [-0.15, -0.1) is 11.3 Å². The van der Waals surface area contributed by atoms with Gasteiger partial charge in [0.1, 0.15) is 11.3 Å². The van der Waals surface area contributed by atoms with Crippen LogP contribution in [0.4, 0.5) is 4.39 Å². The van der Waals surface area contributed by atoms with Crippen molar-refractivity contribution in [3.05, 3.63) is 70.6 Å². The zero-order chi connectivity index (χ0) is 25.3. The Labute approximate surface area is 207 Å². The van der Waals surface area contributed by atoms with Gasteiger partial charge >= 0.3 is 0 Å². The number of thiophene rings is 1. The van der Waals surface area contributed by atoms with Gasteiger partial charge in [-0.05, 0) is 49.1 Å². The van der Waals surface area contributed by atoms with E-state index in [-0.39, 0.29) is 35.1 Å². The second-order valence-electron chi connectivity index (χ2n) is 9.63. The van der Waals surface area contributed by atoms with E-state index in [0.717, 1.165) is 10.4 Å². The number of amides is 2. The molecule has 4 rings (SSSR count). The summed E-state index contributed by atoms with van der Waals surface area (Å²) in [6.45, 7) is 10.0. The fourth-order valence-corrected chi connectivity index (χ4v) is 4.24. The number of halogens is 1. The van der Waals surface area contributed by atoms with Crippen molar-refractivity contribution in [1.82, 2.24) is 25.6 Å². The van der Waals surface area contributed by atoms with Crippen LogP contribution in [0.1, 0.15) is 66.3 Å². The summed E-state index contributed by atoms with van der Waals surface area (Å²) in [6, 6.07) is 9.27. The number of benzene rings is 1. The lowest BCUT2D eigenvalue weighted by atomic mass is 9.88. The molecule has 1 unspecified atom stereocenters. The first-order valence-corrected chi connectivity index (χ1v) is 12.2. The van der Waals surface area contributed by atoms with Crippen LogP contribution in [0.5, 0.6) is 0 Å². The van der Waals surface area contributed by atoms with Crippen molar-refractivity contribution >= 4 is 34.3 Å². The maximum absolute atomic E-state index is 13.2. The topological polar surface area (TPSA) is 99.8 Å². The Kier molecular flexibility index (Phi) is 6.71. The van der Waals surface area contributed by atoms with Crippen molar-refractivity contribution in [3.63, 3.8) is 0 Å². The van der Waals surface area contributed by atoms with Gasteiger partial charge in [0.2, 0.25) is 0 Å². The Bertz CT molecular complexity index is 1370. The van der Waals surface area contributed by atoms with Gasteiger partial charge in [-0.25, -0.2) is 14.4 Å². The number of aromatic amines is 1. The van der Waals surface area contributed by atoms with E-state index in [1.165, 1.54) is 23.5 Å². The van der Waals surface area contributed by atoms with Crippen molar-refractivity contribution in [2.45, 2.75) is 46.7 Å². The minimum absolute atomic E-state index is 0.0354. The first-order chi connectivity index (χ1) is 16.5. The molecule has 3 aromatic heterocycles. The molecule has 35 heavy (non-hydrogen) atoms. The summed E-state index contributed by atoms with van der Waals surface area (Å²) in [6.07, 6.45) is 3.23. The number of carbonyl (C=O) groups is 2. The molecule has 0 saturated carbocycles. The summed E-state index contributed by atoms with van der Waals surface area (Å²) >= 11 is 1.29. The fraction of sp³-hybridized carbons (Fsp3) is 0.308. The molecule has 0 saturated heterocycles. The molecule has 0 aliphatic heterocycles. The molecule has 7 nitrogen and oxygen atoms in total. The molecule has 3 N–H and O–H groups in total. The molecule has 0 aliphatic carbocycles. The molecule has 0 bridgehead atoms. The number of hydrogen-bond donors (Lipinski definition) is 3. The summed E-state index contributed by atoms with van der Waals surface area (Å²) in [5, 5.41) is 5.96. The van der Waals surface area contributed by atoms with Crippen LogP contribution < -0.4 is 10.6 Å². The molecule has 3 heterocycles. The van der Waals surface area contributed by atoms with Crippen LogP contribution in [-0.2, 0) is 0 Å². The first kappa shape index (κ1) is 24.5. The van der Waals surface area contributed by atoms with Gasteiger partial charge in [-0.1, -0.05) is 32.9 Å². The van der Waals surface area contributed by atoms with Gasteiger partial charge in [-0.2, -0.15) is 0 Å². The summed E-state index contributed by atoms with van der Waals surface area (Å²) < 4.78 is 13.2. The maximum Gasteiger partial charge on any atom is 0.261 e. The van der Waals surface area contributed by atoms with Crippen molar-refractivity contribution in [2.75, 3.05) is 0 Å². The largest absolute Gasteiger partial charge is 0.349 e. The third kappa shape index (κ3) is 5.40. The lowest BCUT2D eigenvalue weighted by molar-refractivity contribution is 0.0910. The number of fused-ring (bicyclic) bond motifs is 1. The molecule has 0 aliphatic rings. The van der Waals surface area contributed by atoms with E-state index in [1.54, 1.807) is 30.6 Å². The highest BCUT2D eigenvalue weighted by atomic mass is 32.1. The van der Waals surface area contributed by atoms with E-state index >= 15 is 0 Å². The van der Waals surface area contributed by atoms with Crippen molar-refractivity contribution in [1.29, 1.82) is 0 Å². The molecule has 0 spiro atoms. The smallest absolute Gasteiger partial charge is 0.261 e. The lowest BCUT2D eigenvalue weighted by Crippen LogP contribution is -2.41. The molecular weight excluding hydrogens is 465 g/mol. The van der Waals surface area contributed by atoms with Crippen LogP contribution in [0.25, 0.3) is 21.7 Å². The zero-order valence-electron chi connectivity index (χ0n) is 20.3.